The van der Waals surface area contributed by atoms with E-state index in [-0.39, 0.29) is 18.3 Å². The minimum absolute atomic E-state index is 0.00964. The summed E-state index contributed by atoms with van der Waals surface area (Å²) in [6.45, 7) is 4.83. The molecule has 1 aliphatic heterocycles. The summed E-state index contributed by atoms with van der Waals surface area (Å²) in [7, 11) is 0. The van der Waals surface area contributed by atoms with E-state index in [1.165, 1.54) is 17.7 Å². The number of hydrogen-bond donors (Lipinski definition) is 0. The zero-order valence-electron chi connectivity index (χ0n) is 18.9. The van der Waals surface area contributed by atoms with Gasteiger partial charge in [-0.3, -0.25) is 4.79 Å². The van der Waals surface area contributed by atoms with Crippen LogP contribution < -0.4 is 4.90 Å². The van der Waals surface area contributed by atoms with Gasteiger partial charge in [0.05, 0.1) is 0 Å². The molecule has 7 nitrogen and oxygen atoms in total. The van der Waals surface area contributed by atoms with Crippen molar-refractivity contribution in [2.75, 3.05) is 31.1 Å². The molecular weight excluding hydrogens is 431 g/mol. The van der Waals surface area contributed by atoms with Gasteiger partial charge in [0.25, 0.3) is 0 Å². The lowest BCUT2D eigenvalue weighted by atomic mass is 10.2. The number of aryl methyl sites for hydroxylation is 1. The third-order valence-electron chi connectivity index (χ3n) is 5.95. The van der Waals surface area contributed by atoms with Crippen molar-refractivity contribution in [1.29, 1.82) is 0 Å². The van der Waals surface area contributed by atoms with Crippen molar-refractivity contribution in [3.63, 3.8) is 0 Å². The third-order valence-corrected chi connectivity index (χ3v) is 5.95. The molecule has 0 radical (unpaired) electrons. The molecule has 0 unspecified atom stereocenters. The number of hydrogen-bond acceptors (Lipinski definition) is 5. The Morgan fingerprint density at radius 2 is 1.68 bits per heavy atom. The van der Waals surface area contributed by atoms with Crippen molar-refractivity contribution in [2.45, 2.75) is 13.5 Å². The van der Waals surface area contributed by atoms with Crippen LogP contribution in [0.15, 0.2) is 72.9 Å². The number of pyridine rings is 1. The number of nitrogens with zero attached hydrogens (tertiary/aromatic N) is 6. The Labute approximate surface area is 197 Å². The van der Waals surface area contributed by atoms with E-state index in [0.717, 1.165) is 24.5 Å². The van der Waals surface area contributed by atoms with Crippen molar-refractivity contribution >= 4 is 11.7 Å². The first-order chi connectivity index (χ1) is 16.6. The van der Waals surface area contributed by atoms with Crippen LogP contribution in [0.3, 0.4) is 0 Å². The maximum atomic E-state index is 13.4. The molecule has 2 aromatic heterocycles. The predicted octanol–water partition coefficient (Wildman–Crippen LogP) is 3.80. The molecule has 0 atom stereocenters. The Bertz CT molecular complexity index is 1280. The average Bonchev–Trinajstić information content (AvgIpc) is 3.29. The number of amides is 1. The van der Waals surface area contributed by atoms with E-state index in [4.69, 9.17) is 0 Å². The lowest BCUT2D eigenvalue weighted by molar-refractivity contribution is -0.132. The van der Waals surface area contributed by atoms with Gasteiger partial charge in [0.15, 0.2) is 11.6 Å². The van der Waals surface area contributed by atoms with Crippen molar-refractivity contribution in [3.05, 3.63) is 84.3 Å². The fraction of sp³-hybridized carbons (Fsp3) is 0.231. The molecule has 0 spiro atoms. The first-order valence-corrected chi connectivity index (χ1v) is 11.3. The summed E-state index contributed by atoms with van der Waals surface area (Å²) in [5.41, 5.74) is 2.73. The summed E-state index contributed by atoms with van der Waals surface area (Å²) >= 11 is 0. The molecule has 0 saturated carbocycles. The molecular formula is C26H25FN6O. The van der Waals surface area contributed by atoms with Gasteiger partial charge in [0, 0.05) is 43.5 Å². The van der Waals surface area contributed by atoms with Crippen molar-refractivity contribution in [1.82, 2.24) is 24.6 Å². The monoisotopic (exact) mass is 456 g/mol. The fourth-order valence-corrected chi connectivity index (χ4v) is 4.08. The van der Waals surface area contributed by atoms with E-state index in [1.54, 1.807) is 16.8 Å². The van der Waals surface area contributed by atoms with E-state index in [9.17, 15) is 9.18 Å². The Kier molecular flexibility index (Phi) is 6.03. The molecule has 3 heterocycles. The quantitative estimate of drug-likeness (QED) is 0.457. The van der Waals surface area contributed by atoms with Gasteiger partial charge < -0.3 is 9.80 Å². The highest BCUT2D eigenvalue weighted by Gasteiger charge is 2.24. The predicted molar refractivity (Wildman–Crippen MR) is 129 cm³/mol. The number of aromatic nitrogens is 4. The van der Waals surface area contributed by atoms with Crippen LogP contribution in [-0.4, -0.2) is 56.7 Å². The standard InChI is InChI=1S/C26H25FN6O/c1-19-11-12-28-23(17-19)31-13-15-32(16-14-31)24(34)18-33-26(21-5-3-2-4-6-21)29-25(30-33)20-7-9-22(27)10-8-20/h2-12,17H,13-16,18H2,1H3. The summed E-state index contributed by atoms with van der Waals surface area (Å²) in [6, 6.07) is 19.7. The second-order valence-corrected chi connectivity index (χ2v) is 8.35. The molecule has 1 fully saturated rings. The molecule has 4 aromatic rings. The van der Waals surface area contributed by atoms with Crippen LogP contribution in [0, 0.1) is 12.7 Å². The van der Waals surface area contributed by atoms with Gasteiger partial charge in [-0.05, 0) is 48.9 Å². The van der Waals surface area contributed by atoms with Crippen LogP contribution in [0.25, 0.3) is 22.8 Å². The van der Waals surface area contributed by atoms with Crippen LogP contribution in [0.1, 0.15) is 5.56 Å². The first kappa shape index (κ1) is 21.8. The summed E-state index contributed by atoms with van der Waals surface area (Å²) in [4.78, 5) is 26.4. The van der Waals surface area contributed by atoms with Gasteiger partial charge in [0.1, 0.15) is 18.2 Å². The lowest BCUT2D eigenvalue weighted by Crippen LogP contribution is -2.50. The Morgan fingerprint density at radius 1 is 0.941 bits per heavy atom. The largest absolute Gasteiger partial charge is 0.353 e. The fourth-order valence-electron chi connectivity index (χ4n) is 4.08. The minimum atomic E-state index is -0.318. The van der Waals surface area contributed by atoms with Crippen LogP contribution in [0.2, 0.25) is 0 Å². The molecule has 2 aromatic carbocycles. The lowest BCUT2D eigenvalue weighted by Gasteiger charge is -2.35. The maximum absolute atomic E-state index is 13.4. The Hall–Kier alpha value is -4.07. The number of piperazine rings is 1. The van der Waals surface area contributed by atoms with Crippen molar-refractivity contribution < 1.29 is 9.18 Å². The van der Waals surface area contributed by atoms with Crippen LogP contribution >= 0.6 is 0 Å². The van der Waals surface area contributed by atoms with Crippen LogP contribution in [0.5, 0.6) is 0 Å². The molecule has 1 aliphatic rings. The van der Waals surface area contributed by atoms with E-state index < -0.39 is 0 Å². The van der Waals surface area contributed by atoms with Gasteiger partial charge in [-0.1, -0.05) is 30.3 Å². The molecule has 1 amide bonds. The zero-order valence-corrected chi connectivity index (χ0v) is 18.9. The Balaban J connectivity index is 1.34. The highest BCUT2D eigenvalue weighted by molar-refractivity contribution is 5.77. The average molecular weight is 457 g/mol. The van der Waals surface area contributed by atoms with E-state index in [1.807, 2.05) is 54.4 Å². The van der Waals surface area contributed by atoms with Gasteiger partial charge in [-0.15, -0.1) is 5.10 Å². The number of carbonyl (C=O) groups excluding carboxylic acids is 1. The zero-order chi connectivity index (χ0) is 23.5. The van der Waals surface area contributed by atoms with Crippen molar-refractivity contribution in [3.8, 4) is 22.8 Å². The third kappa shape index (κ3) is 4.66. The smallest absolute Gasteiger partial charge is 0.244 e. The molecule has 0 aliphatic carbocycles. The van der Waals surface area contributed by atoms with E-state index >= 15 is 0 Å². The van der Waals surface area contributed by atoms with E-state index in [2.05, 4.69) is 26.0 Å². The van der Waals surface area contributed by atoms with Gasteiger partial charge in [-0.25, -0.2) is 19.0 Å². The number of halogens is 1. The number of carbonyl (C=O) groups is 1. The normalized spacial score (nSPS) is 13.8. The number of anilines is 1. The minimum Gasteiger partial charge on any atom is -0.353 e. The summed E-state index contributed by atoms with van der Waals surface area (Å²) < 4.78 is 15.0. The van der Waals surface area contributed by atoms with Gasteiger partial charge in [-0.2, -0.15) is 0 Å². The topological polar surface area (TPSA) is 67.2 Å². The van der Waals surface area contributed by atoms with Crippen molar-refractivity contribution in [2.24, 2.45) is 0 Å². The first-order valence-electron chi connectivity index (χ1n) is 11.3. The SMILES string of the molecule is Cc1ccnc(N2CCN(C(=O)Cn3nc(-c4ccc(F)cc4)nc3-c3ccccc3)CC2)c1. The molecule has 8 heteroatoms. The molecule has 5 rings (SSSR count). The maximum Gasteiger partial charge on any atom is 0.244 e. The molecule has 172 valence electrons. The Morgan fingerprint density at radius 3 is 2.38 bits per heavy atom. The molecule has 0 bridgehead atoms. The highest BCUT2D eigenvalue weighted by atomic mass is 19.1. The van der Waals surface area contributed by atoms with Crippen LogP contribution in [-0.2, 0) is 11.3 Å². The summed E-state index contributed by atoms with van der Waals surface area (Å²) in [6.07, 6.45) is 1.82. The van der Waals surface area contributed by atoms with E-state index in [0.29, 0.717) is 30.3 Å². The summed E-state index contributed by atoms with van der Waals surface area (Å²) in [5, 5.41) is 4.61. The number of benzene rings is 2. The second kappa shape index (κ2) is 9.43. The second-order valence-electron chi connectivity index (χ2n) is 8.35. The summed E-state index contributed by atoms with van der Waals surface area (Å²) in [5.74, 6) is 1.68. The highest BCUT2D eigenvalue weighted by Crippen LogP contribution is 2.23. The number of rotatable bonds is 5. The molecule has 1 saturated heterocycles. The van der Waals surface area contributed by atoms with Crippen LogP contribution in [0.4, 0.5) is 10.2 Å². The molecule has 0 N–H and O–H groups in total. The molecule has 34 heavy (non-hydrogen) atoms. The van der Waals surface area contributed by atoms with Gasteiger partial charge in [0.2, 0.25) is 5.91 Å². The van der Waals surface area contributed by atoms with Gasteiger partial charge >= 0.3 is 0 Å².